The van der Waals surface area contributed by atoms with Gasteiger partial charge in [0.15, 0.2) is 5.13 Å². The van der Waals surface area contributed by atoms with Gasteiger partial charge in [0.2, 0.25) is 0 Å². The van der Waals surface area contributed by atoms with Crippen LogP contribution in [-0.2, 0) is 13.1 Å². The van der Waals surface area contributed by atoms with Crippen LogP contribution >= 0.6 is 11.3 Å². The Morgan fingerprint density at radius 2 is 2.15 bits per heavy atom. The standard InChI is InChI=1S/C18H21N5O2S/c1-12-15(17(24)19-2)5-4-6-16(12)21-18-20-9-14(26-18)11-23(3)10-13-7-8-25-22-13/h4-9H,10-11H2,1-3H3,(H,19,24)(H,20,21). The number of hydrogen-bond donors (Lipinski definition) is 2. The normalized spacial score (nSPS) is 10.9. The van der Waals surface area contributed by atoms with Gasteiger partial charge >= 0.3 is 0 Å². The fraction of sp³-hybridized carbons (Fsp3) is 0.278. The molecule has 0 saturated heterocycles. The molecule has 0 aliphatic carbocycles. The summed E-state index contributed by atoms with van der Waals surface area (Å²) in [4.78, 5) is 19.7. The van der Waals surface area contributed by atoms with Crippen LogP contribution in [0.25, 0.3) is 0 Å². The minimum Gasteiger partial charge on any atom is -0.364 e. The molecule has 0 unspecified atom stereocenters. The lowest BCUT2D eigenvalue weighted by atomic mass is 10.1. The number of carbonyl (C=O) groups excluding carboxylic acids is 1. The van der Waals surface area contributed by atoms with Crippen molar-refractivity contribution in [2.24, 2.45) is 0 Å². The Hall–Kier alpha value is -2.71. The number of amides is 1. The van der Waals surface area contributed by atoms with Crippen LogP contribution in [0.5, 0.6) is 0 Å². The van der Waals surface area contributed by atoms with Gasteiger partial charge in [-0.2, -0.15) is 0 Å². The first-order valence-electron chi connectivity index (χ1n) is 8.18. The maximum Gasteiger partial charge on any atom is 0.251 e. The van der Waals surface area contributed by atoms with Crippen molar-refractivity contribution in [3.63, 3.8) is 0 Å². The van der Waals surface area contributed by atoms with Gasteiger partial charge in [-0.3, -0.25) is 9.69 Å². The van der Waals surface area contributed by atoms with Gasteiger partial charge in [0.05, 0.1) is 5.69 Å². The molecule has 0 aliphatic heterocycles. The molecule has 0 aliphatic rings. The molecular weight excluding hydrogens is 350 g/mol. The minimum atomic E-state index is -0.0968. The lowest BCUT2D eigenvalue weighted by Gasteiger charge is -2.13. The third kappa shape index (κ3) is 4.27. The molecule has 2 N–H and O–H groups in total. The highest BCUT2D eigenvalue weighted by Gasteiger charge is 2.12. The second-order valence-electron chi connectivity index (χ2n) is 5.98. The van der Waals surface area contributed by atoms with Gasteiger partial charge in [-0.25, -0.2) is 4.98 Å². The molecule has 1 amide bonds. The molecule has 2 aromatic heterocycles. The van der Waals surface area contributed by atoms with E-state index in [2.05, 4.69) is 25.7 Å². The van der Waals surface area contributed by atoms with E-state index in [1.165, 1.54) is 0 Å². The quantitative estimate of drug-likeness (QED) is 0.664. The zero-order chi connectivity index (χ0) is 18.5. The van der Waals surface area contributed by atoms with Gasteiger partial charge in [-0.1, -0.05) is 11.2 Å². The highest BCUT2D eigenvalue weighted by atomic mass is 32.1. The van der Waals surface area contributed by atoms with E-state index in [0.717, 1.165) is 33.5 Å². The van der Waals surface area contributed by atoms with Crippen LogP contribution < -0.4 is 10.6 Å². The summed E-state index contributed by atoms with van der Waals surface area (Å²) in [6.07, 6.45) is 3.44. The number of nitrogens with zero attached hydrogens (tertiary/aromatic N) is 3. The minimum absolute atomic E-state index is 0.0968. The smallest absolute Gasteiger partial charge is 0.251 e. The lowest BCUT2D eigenvalue weighted by molar-refractivity contribution is 0.0962. The summed E-state index contributed by atoms with van der Waals surface area (Å²) in [6.45, 7) is 3.40. The maximum atomic E-state index is 11.9. The number of carbonyl (C=O) groups is 1. The molecule has 8 heteroatoms. The number of hydrogen-bond acceptors (Lipinski definition) is 7. The molecule has 0 fully saturated rings. The van der Waals surface area contributed by atoms with Crippen LogP contribution in [0.3, 0.4) is 0 Å². The van der Waals surface area contributed by atoms with Crippen molar-refractivity contribution in [1.29, 1.82) is 0 Å². The van der Waals surface area contributed by atoms with E-state index < -0.39 is 0 Å². The molecule has 2 heterocycles. The van der Waals surface area contributed by atoms with Crippen LogP contribution in [0.2, 0.25) is 0 Å². The van der Waals surface area contributed by atoms with E-state index in [-0.39, 0.29) is 5.91 Å². The highest BCUT2D eigenvalue weighted by Crippen LogP contribution is 2.27. The molecule has 3 rings (SSSR count). The van der Waals surface area contributed by atoms with Gasteiger partial charge in [0.1, 0.15) is 6.26 Å². The summed E-state index contributed by atoms with van der Waals surface area (Å²) in [6, 6.07) is 7.48. The van der Waals surface area contributed by atoms with Gasteiger partial charge in [-0.15, -0.1) is 11.3 Å². The first-order valence-corrected chi connectivity index (χ1v) is 8.99. The second-order valence-corrected chi connectivity index (χ2v) is 7.09. The summed E-state index contributed by atoms with van der Waals surface area (Å²) in [5, 5.41) is 10.7. The zero-order valence-corrected chi connectivity index (χ0v) is 15.8. The third-order valence-corrected chi connectivity index (χ3v) is 4.85. The fourth-order valence-electron chi connectivity index (χ4n) is 2.62. The summed E-state index contributed by atoms with van der Waals surface area (Å²) < 4.78 is 4.86. The van der Waals surface area contributed by atoms with E-state index in [0.29, 0.717) is 12.1 Å². The summed E-state index contributed by atoms with van der Waals surface area (Å²) in [5.41, 5.74) is 3.33. The first kappa shape index (κ1) is 18.1. The van der Waals surface area contributed by atoms with Crippen molar-refractivity contribution in [1.82, 2.24) is 20.4 Å². The molecule has 0 bridgehead atoms. The van der Waals surface area contributed by atoms with E-state index in [4.69, 9.17) is 4.52 Å². The molecule has 0 spiro atoms. The topological polar surface area (TPSA) is 83.3 Å². The largest absolute Gasteiger partial charge is 0.364 e. The molecule has 0 radical (unpaired) electrons. The van der Waals surface area contributed by atoms with Crippen molar-refractivity contribution in [3.8, 4) is 0 Å². The molecule has 0 saturated carbocycles. The van der Waals surface area contributed by atoms with Crippen LogP contribution in [-0.4, -0.2) is 35.0 Å². The Labute approximate surface area is 156 Å². The summed E-state index contributed by atoms with van der Waals surface area (Å²) >= 11 is 1.59. The van der Waals surface area contributed by atoms with Crippen LogP contribution in [0, 0.1) is 6.92 Å². The van der Waals surface area contributed by atoms with Crippen molar-refractivity contribution in [2.45, 2.75) is 20.0 Å². The Morgan fingerprint density at radius 1 is 1.31 bits per heavy atom. The van der Waals surface area contributed by atoms with E-state index >= 15 is 0 Å². The highest BCUT2D eigenvalue weighted by molar-refractivity contribution is 7.15. The zero-order valence-electron chi connectivity index (χ0n) is 14.9. The van der Waals surface area contributed by atoms with E-state index in [1.54, 1.807) is 24.6 Å². The molecule has 136 valence electrons. The van der Waals surface area contributed by atoms with Crippen LogP contribution in [0.15, 0.2) is 41.2 Å². The Bertz CT molecular complexity index is 876. The predicted octanol–water partition coefficient (Wildman–Crippen LogP) is 3.17. The van der Waals surface area contributed by atoms with Gasteiger partial charge in [0.25, 0.3) is 5.91 Å². The molecule has 0 atom stereocenters. The molecular formula is C18H21N5O2S. The Morgan fingerprint density at radius 3 is 2.88 bits per heavy atom. The molecule has 1 aromatic carbocycles. The average Bonchev–Trinajstić information content (AvgIpc) is 3.28. The van der Waals surface area contributed by atoms with Gasteiger partial charge < -0.3 is 15.2 Å². The molecule has 3 aromatic rings. The van der Waals surface area contributed by atoms with Gasteiger partial charge in [-0.05, 0) is 31.7 Å². The van der Waals surface area contributed by atoms with Crippen molar-refractivity contribution in [2.75, 3.05) is 19.4 Å². The Kier molecular flexibility index (Phi) is 5.65. The Balaban J connectivity index is 1.66. The van der Waals surface area contributed by atoms with Crippen molar-refractivity contribution in [3.05, 3.63) is 58.4 Å². The van der Waals surface area contributed by atoms with E-state index in [9.17, 15) is 4.79 Å². The summed E-state index contributed by atoms with van der Waals surface area (Å²) in [5.74, 6) is -0.0968. The average molecular weight is 371 g/mol. The lowest BCUT2D eigenvalue weighted by Crippen LogP contribution is -2.19. The monoisotopic (exact) mass is 371 g/mol. The number of rotatable bonds is 7. The van der Waals surface area contributed by atoms with Crippen LogP contribution in [0.4, 0.5) is 10.8 Å². The fourth-order valence-corrected chi connectivity index (χ4v) is 3.53. The number of benzene rings is 1. The molecule has 7 nitrogen and oxygen atoms in total. The number of thiazole rings is 1. The third-order valence-electron chi connectivity index (χ3n) is 3.95. The van der Waals surface area contributed by atoms with Gasteiger partial charge in [0, 0.05) is 48.5 Å². The summed E-state index contributed by atoms with van der Waals surface area (Å²) in [7, 11) is 3.66. The first-order chi connectivity index (χ1) is 12.6. The SMILES string of the molecule is CNC(=O)c1cccc(Nc2ncc(CN(C)Cc3ccon3)s2)c1C. The maximum absolute atomic E-state index is 11.9. The predicted molar refractivity (Wildman–Crippen MR) is 102 cm³/mol. The number of anilines is 2. The molecule has 26 heavy (non-hydrogen) atoms. The number of aromatic nitrogens is 2. The van der Waals surface area contributed by atoms with Crippen molar-refractivity contribution < 1.29 is 9.32 Å². The van der Waals surface area contributed by atoms with Crippen LogP contribution in [0.1, 0.15) is 26.5 Å². The number of nitrogens with one attached hydrogen (secondary N) is 2. The second kappa shape index (κ2) is 8.11. The van der Waals surface area contributed by atoms with Crippen molar-refractivity contribution >= 4 is 28.1 Å². The van der Waals surface area contributed by atoms with E-state index in [1.807, 2.05) is 44.4 Å².